The maximum atomic E-state index is 9.68. The van der Waals surface area contributed by atoms with Gasteiger partial charge >= 0.3 is 0 Å². The third kappa shape index (κ3) is 2.07. The van der Waals surface area contributed by atoms with Gasteiger partial charge in [0.1, 0.15) is 0 Å². The highest BCUT2D eigenvalue weighted by molar-refractivity contribution is 5.02. The lowest BCUT2D eigenvalue weighted by Crippen LogP contribution is -2.62. The Morgan fingerprint density at radius 2 is 1.87 bits per heavy atom. The van der Waals surface area contributed by atoms with E-state index in [2.05, 4.69) is 26.1 Å². The molecule has 0 aromatic carbocycles. The molecule has 2 saturated carbocycles. The van der Waals surface area contributed by atoms with Gasteiger partial charge in [-0.1, -0.05) is 26.7 Å². The molecule has 2 aliphatic carbocycles. The SMILES string of the molecule is CC(NC1CC(O)C1(C)C)C1CCCC1. The fraction of sp³-hybridized carbons (Fsp3) is 1.00. The first-order chi connectivity index (χ1) is 7.01. The van der Waals surface area contributed by atoms with Crippen LogP contribution in [0.2, 0.25) is 0 Å². The minimum Gasteiger partial charge on any atom is -0.392 e. The minimum atomic E-state index is -0.106. The summed E-state index contributed by atoms with van der Waals surface area (Å²) in [6.07, 6.45) is 6.43. The molecule has 0 aliphatic heterocycles. The summed E-state index contributed by atoms with van der Waals surface area (Å²) in [6, 6.07) is 1.15. The average molecular weight is 211 g/mol. The highest BCUT2D eigenvalue weighted by atomic mass is 16.3. The smallest absolute Gasteiger partial charge is 0.0621 e. The molecule has 0 saturated heterocycles. The molecule has 15 heavy (non-hydrogen) atoms. The standard InChI is InChI=1S/C13H25NO/c1-9(10-6-4-5-7-10)14-11-8-12(15)13(11,2)3/h9-12,14-15H,4-8H2,1-3H3. The van der Waals surface area contributed by atoms with E-state index in [1.165, 1.54) is 25.7 Å². The van der Waals surface area contributed by atoms with Crippen molar-refractivity contribution in [3.8, 4) is 0 Å². The van der Waals surface area contributed by atoms with Crippen LogP contribution >= 0.6 is 0 Å². The maximum Gasteiger partial charge on any atom is 0.0621 e. The molecule has 2 N–H and O–H groups in total. The molecule has 0 heterocycles. The van der Waals surface area contributed by atoms with E-state index >= 15 is 0 Å². The van der Waals surface area contributed by atoms with E-state index in [-0.39, 0.29) is 11.5 Å². The van der Waals surface area contributed by atoms with Crippen molar-refractivity contribution in [3.63, 3.8) is 0 Å². The van der Waals surface area contributed by atoms with Crippen LogP contribution in [0.25, 0.3) is 0 Å². The van der Waals surface area contributed by atoms with Gasteiger partial charge in [0.05, 0.1) is 6.10 Å². The summed E-state index contributed by atoms with van der Waals surface area (Å²) in [5.74, 6) is 0.874. The summed E-state index contributed by atoms with van der Waals surface area (Å²) in [5, 5.41) is 13.4. The number of aliphatic hydroxyl groups excluding tert-OH is 1. The van der Waals surface area contributed by atoms with Crippen LogP contribution in [0.15, 0.2) is 0 Å². The third-order valence-corrected chi connectivity index (χ3v) is 4.79. The molecule has 0 aromatic heterocycles. The molecular weight excluding hydrogens is 186 g/mol. The molecule has 2 nitrogen and oxygen atoms in total. The number of hydrogen-bond donors (Lipinski definition) is 2. The molecule has 0 bridgehead atoms. The van der Waals surface area contributed by atoms with E-state index in [1.54, 1.807) is 0 Å². The maximum absolute atomic E-state index is 9.68. The second-order valence-corrected chi connectivity index (χ2v) is 6.13. The summed E-state index contributed by atoms with van der Waals surface area (Å²) in [5.41, 5.74) is 0.0763. The predicted octanol–water partition coefficient (Wildman–Crippen LogP) is 2.31. The molecule has 0 aromatic rings. The van der Waals surface area contributed by atoms with Crippen LogP contribution in [0.5, 0.6) is 0 Å². The van der Waals surface area contributed by atoms with E-state index < -0.39 is 0 Å². The molecule has 3 atom stereocenters. The Labute approximate surface area is 93.5 Å². The van der Waals surface area contributed by atoms with Crippen molar-refractivity contribution in [2.45, 2.75) is 71.1 Å². The zero-order valence-electron chi connectivity index (χ0n) is 10.3. The first-order valence-electron chi connectivity index (χ1n) is 6.46. The quantitative estimate of drug-likeness (QED) is 0.751. The molecule has 2 fully saturated rings. The van der Waals surface area contributed by atoms with Crippen LogP contribution in [0.3, 0.4) is 0 Å². The zero-order chi connectivity index (χ0) is 11.1. The molecule has 0 amide bonds. The fourth-order valence-corrected chi connectivity index (χ4v) is 3.10. The topological polar surface area (TPSA) is 32.3 Å². The molecular formula is C13H25NO. The van der Waals surface area contributed by atoms with Crippen LogP contribution in [-0.4, -0.2) is 23.3 Å². The Morgan fingerprint density at radius 1 is 1.27 bits per heavy atom. The predicted molar refractivity (Wildman–Crippen MR) is 62.7 cm³/mol. The van der Waals surface area contributed by atoms with E-state index in [9.17, 15) is 5.11 Å². The third-order valence-electron chi connectivity index (χ3n) is 4.79. The van der Waals surface area contributed by atoms with Gasteiger partial charge in [-0.05, 0) is 32.1 Å². The van der Waals surface area contributed by atoms with Crippen molar-refractivity contribution < 1.29 is 5.11 Å². The summed E-state index contributed by atoms with van der Waals surface area (Å²) in [7, 11) is 0. The number of nitrogens with one attached hydrogen (secondary N) is 1. The van der Waals surface area contributed by atoms with Gasteiger partial charge in [0, 0.05) is 17.5 Å². The van der Waals surface area contributed by atoms with Gasteiger partial charge in [-0.2, -0.15) is 0 Å². The lowest BCUT2D eigenvalue weighted by molar-refractivity contribution is -0.0771. The Balaban J connectivity index is 1.82. The van der Waals surface area contributed by atoms with Gasteiger partial charge in [0.15, 0.2) is 0 Å². The molecule has 3 unspecified atom stereocenters. The summed E-state index contributed by atoms with van der Waals surface area (Å²) in [6.45, 7) is 6.65. The highest BCUT2D eigenvalue weighted by Crippen LogP contribution is 2.41. The van der Waals surface area contributed by atoms with Gasteiger partial charge in [-0.15, -0.1) is 0 Å². The molecule has 2 rings (SSSR count). The molecule has 2 aliphatic rings. The van der Waals surface area contributed by atoms with Crippen LogP contribution in [-0.2, 0) is 0 Å². The molecule has 88 valence electrons. The Morgan fingerprint density at radius 3 is 2.33 bits per heavy atom. The van der Waals surface area contributed by atoms with Crippen molar-refractivity contribution in [3.05, 3.63) is 0 Å². The van der Waals surface area contributed by atoms with Crippen LogP contribution in [0.1, 0.15) is 52.9 Å². The van der Waals surface area contributed by atoms with E-state index in [0.29, 0.717) is 12.1 Å². The summed E-state index contributed by atoms with van der Waals surface area (Å²) < 4.78 is 0. The molecule has 0 radical (unpaired) electrons. The monoisotopic (exact) mass is 211 g/mol. The van der Waals surface area contributed by atoms with Crippen molar-refractivity contribution in [2.24, 2.45) is 11.3 Å². The van der Waals surface area contributed by atoms with Gasteiger partial charge in [-0.25, -0.2) is 0 Å². The lowest BCUT2D eigenvalue weighted by Gasteiger charge is -2.51. The van der Waals surface area contributed by atoms with Crippen molar-refractivity contribution in [2.75, 3.05) is 0 Å². The average Bonchev–Trinajstić information content (AvgIpc) is 2.70. The number of hydrogen-bond acceptors (Lipinski definition) is 2. The van der Waals surface area contributed by atoms with Crippen LogP contribution in [0.4, 0.5) is 0 Å². The minimum absolute atomic E-state index is 0.0763. The number of aliphatic hydroxyl groups is 1. The lowest BCUT2D eigenvalue weighted by atomic mass is 9.64. The van der Waals surface area contributed by atoms with Crippen molar-refractivity contribution in [1.29, 1.82) is 0 Å². The second-order valence-electron chi connectivity index (χ2n) is 6.13. The number of rotatable bonds is 3. The van der Waals surface area contributed by atoms with Crippen LogP contribution < -0.4 is 5.32 Å². The van der Waals surface area contributed by atoms with E-state index in [4.69, 9.17) is 0 Å². The first-order valence-corrected chi connectivity index (χ1v) is 6.46. The van der Waals surface area contributed by atoms with E-state index in [1.807, 2.05) is 0 Å². The second kappa shape index (κ2) is 4.06. The molecule has 0 spiro atoms. The van der Waals surface area contributed by atoms with Crippen molar-refractivity contribution >= 4 is 0 Å². The van der Waals surface area contributed by atoms with E-state index in [0.717, 1.165) is 12.3 Å². The van der Waals surface area contributed by atoms with Gasteiger partial charge < -0.3 is 10.4 Å². The highest BCUT2D eigenvalue weighted by Gasteiger charge is 2.47. The Kier molecular flexibility index (Phi) is 3.09. The van der Waals surface area contributed by atoms with Gasteiger partial charge in [0.2, 0.25) is 0 Å². The van der Waals surface area contributed by atoms with Crippen LogP contribution in [0, 0.1) is 11.3 Å². The zero-order valence-corrected chi connectivity index (χ0v) is 10.3. The largest absolute Gasteiger partial charge is 0.392 e. The first kappa shape index (κ1) is 11.4. The fourth-order valence-electron chi connectivity index (χ4n) is 3.10. The van der Waals surface area contributed by atoms with Gasteiger partial charge in [0.25, 0.3) is 0 Å². The Hall–Kier alpha value is -0.0800. The molecule has 2 heteroatoms. The van der Waals surface area contributed by atoms with Crippen molar-refractivity contribution in [1.82, 2.24) is 5.32 Å². The normalized spacial score (nSPS) is 37.6. The Bertz CT molecular complexity index is 221. The summed E-state index contributed by atoms with van der Waals surface area (Å²) >= 11 is 0. The van der Waals surface area contributed by atoms with Gasteiger partial charge in [-0.3, -0.25) is 0 Å². The summed E-state index contributed by atoms with van der Waals surface area (Å²) in [4.78, 5) is 0.